The first kappa shape index (κ1) is 17.9. The zero-order valence-corrected chi connectivity index (χ0v) is 14.2. The van der Waals surface area contributed by atoms with Crippen LogP contribution in [0.3, 0.4) is 0 Å². The summed E-state index contributed by atoms with van der Waals surface area (Å²) in [6.45, 7) is 13.4. The molecule has 1 aliphatic carbocycles. The van der Waals surface area contributed by atoms with Crippen molar-refractivity contribution < 1.29 is 14.6 Å². The molecule has 0 aromatic rings. The average molecular weight is 286 g/mol. The summed E-state index contributed by atoms with van der Waals surface area (Å²) in [7, 11) is 0. The molecule has 5 unspecified atom stereocenters. The van der Waals surface area contributed by atoms with Gasteiger partial charge in [-0.2, -0.15) is 0 Å². The normalized spacial score (nSPS) is 41.5. The Labute approximate surface area is 125 Å². The number of rotatable bonds is 4. The van der Waals surface area contributed by atoms with E-state index in [1.165, 1.54) is 6.42 Å². The lowest BCUT2D eigenvalue weighted by Crippen LogP contribution is -2.49. The first-order chi connectivity index (χ1) is 9.29. The molecule has 0 aromatic carbocycles. The molecule has 0 bridgehead atoms. The van der Waals surface area contributed by atoms with E-state index in [-0.39, 0.29) is 17.8 Å². The van der Waals surface area contributed by atoms with E-state index in [1.54, 1.807) is 0 Å². The van der Waals surface area contributed by atoms with Crippen molar-refractivity contribution in [2.45, 2.75) is 97.1 Å². The van der Waals surface area contributed by atoms with E-state index in [0.29, 0.717) is 5.92 Å². The fourth-order valence-electron chi connectivity index (χ4n) is 2.74. The predicted molar refractivity (Wildman–Crippen MR) is 82.9 cm³/mol. The molecule has 2 fully saturated rings. The van der Waals surface area contributed by atoms with Crippen LogP contribution in [0.1, 0.15) is 73.6 Å². The quantitative estimate of drug-likeness (QED) is 0.796. The van der Waals surface area contributed by atoms with E-state index in [0.717, 1.165) is 32.3 Å². The highest BCUT2D eigenvalue weighted by atomic mass is 16.6. The van der Waals surface area contributed by atoms with Crippen LogP contribution >= 0.6 is 0 Å². The van der Waals surface area contributed by atoms with Gasteiger partial charge in [0.25, 0.3) is 0 Å². The van der Waals surface area contributed by atoms with Gasteiger partial charge in [0.05, 0.1) is 30.0 Å². The Morgan fingerprint density at radius 3 is 2.30 bits per heavy atom. The number of hydrogen-bond donors (Lipinski definition) is 1. The van der Waals surface area contributed by atoms with Crippen LogP contribution < -0.4 is 0 Å². The van der Waals surface area contributed by atoms with Gasteiger partial charge in [0.2, 0.25) is 0 Å². The van der Waals surface area contributed by atoms with E-state index < -0.39 is 5.60 Å². The highest BCUT2D eigenvalue weighted by Crippen LogP contribution is 2.46. The second kappa shape index (κ2) is 7.24. The van der Waals surface area contributed by atoms with Crippen LogP contribution in [-0.4, -0.2) is 35.1 Å². The van der Waals surface area contributed by atoms with Gasteiger partial charge in [-0.1, -0.05) is 27.2 Å². The molecule has 0 radical (unpaired) electrons. The first-order valence-corrected chi connectivity index (χ1v) is 8.30. The van der Waals surface area contributed by atoms with Crippen molar-refractivity contribution >= 4 is 0 Å². The lowest BCUT2D eigenvalue weighted by atomic mass is 9.73. The number of aliphatic hydroxyl groups is 1. The minimum Gasteiger partial charge on any atom is -0.387 e. The molecule has 1 saturated heterocycles. The van der Waals surface area contributed by atoms with Gasteiger partial charge < -0.3 is 14.6 Å². The van der Waals surface area contributed by atoms with Gasteiger partial charge in [-0.3, -0.25) is 0 Å². The fourth-order valence-corrected chi connectivity index (χ4v) is 2.74. The summed E-state index contributed by atoms with van der Waals surface area (Å²) in [6.07, 6.45) is 5.20. The summed E-state index contributed by atoms with van der Waals surface area (Å²) in [5.74, 6) is 0.539. The molecule has 5 atom stereocenters. The van der Waals surface area contributed by atoms with Crippen LogP contribution in [0, 0.1) is 5.92 Å². The van der Waals surface area contributed by atoms with Gasteiger partial charge in [0, 0.05) is 0 Å². The predicted octanol–water partition coefficient (Wildman–Crippen LogP) is 3.93. The summed E-state index contributed by atoms with van der Waals surface area (Å²) in [6, 6.07) is 0. The zero-order valence-electron chi connectivity index (χ0n) is 14.2. The molecule has 0 spiro atoms. The third-order valence-electron chi connectivity index (χ3n) is 4.63. The van der Waals surface area contributed by atoms with Crippen LogP contribution in [0.4, 0.5) is 0 Å². The van der Waals surface area contributed by atoms with E-state index in [2.05, 4.69) is 34.6 Å². The summed E-state index contributed by atoms with van der Waals surface area (Å²) in [5.41, 5.74) is -0.612. The maximum atomic E-state index is 10.4. The Hall–Kier alpha value is -0.120. The molecule has 3 heteroatoms. The van der Waals surface area contributed by atoms with Crippen molar-refractivity contribution in [1.29, 1.82) is 0 Å². The van der Waals surface area contributed by atoms with E-state index >= 15 is 0 Å². The van der Waals surface area contributed by atoms with Crippen LogP contribution in [0.15, 0.2) is 0 Å². The van der Waals surface area contributed by atoms with Gasteiger partial charge in [-0.05, 0) is 52.4 Å². The molecule has 20 heavy (non-hydrogen) atoms. The maximum absolute atomic E-state index is 10.4. The van der Waals surface area contributed by atoms with Crippen LogP contribution in [-0.2, 0) is 9.47 Å². The molecule has 0 aromatic heterocycles. The standard InChI is InChI=1S/C14H26O3.C3H8/c1-5-10(2)17-12-8-11(14(4)9-16-14)6-7-13(12,3)15;1-3-2/h10-12,15H,5-9H2,1-4H3;3H2,1-2H3. The summed E-state index contributed by atoms with van der Waals surface area (Å²) in [4.78, 5) is 0. The minimum atomic E-state index is -0.675. The third-order valence-corrected chi connectivity index (χ3v) is 4.63. The fraction of sp³-hybridized carbons (Fsp3) is 1.00. The van der Waals surface area contributed by atoms with Crippen molar-refractivity contribution in [3.05, 3.63) is 0 Å². The third kappa shape index (κ3) is 4.71. The van der Waals surface area contributed by atoms with Gasteiger partial charge in [-0.25, -0.2) is 0 Å². The lowest BCUT2D eigenvalue weighted by Gasteiger charge is -2.42. The van der Waals surface area contributed by atoms with Gasteiger partial charge in [-0.15, -0.1) is 0 Å². The second-order valence-electron chi connectivity index (χ2n) is 6.98. The number of epoxide rings is 1. The molecule has 2 rings (SSSR count). The van der Waals surface area contributed by atoms with Crippen LogP contribution in [0.2, 0.25) is 0 Å². The number of ether oxygens (including phenoxy) is 2. The Bertz CT molecular complexity index is 284. The summed E-state index contributed by atoms with van der Waals surface area (Å²) in [5, 5.41) is 10.4. The van der Waals surface area contributed by atoms with Crippen LogP contribution in [0.5, 0.6) is 0 Å². The molecule has 1 aliphatic heterocycles. The number of hydrogen-bond acceptors (Lipinski definition) is 3. The largest absolute Gasteiger partial charge is 0.387 e. The molecule has 3 nitrogen and oxygen atoms in total. The maximum Gasteiger partial charge on any atom is 0.0917 e. The lowest BCUT2D eigenvalue weighted by molar-refractivity contribution is -0.155. The van der Waals surface area contributed by atoms with Crippen molar-refractivity contribution in [3.63, 3.8) is 0 Å². The summed E-state index contributed by atoms with van der Waals surface area (Å²) >= 11 is 0. The smallest absolute Gasteiger partial charge is 0.0917 e. The van der Waals surface area contributed by atoms with Gasteiger partial charge in [0.1, 0.15) is 0 Å². The second-order valence-corrected chi connectivity index (χ2v) is 6.98. The monoisotopic (exact) mass is 286 g/mol. The Kier molecular flexibility index (Phi) is 6.49. The Morgan fingerprint density at radius 2 is 1.85 bits per heavy atom. The van der Waals surface area contributed by atoms with Crippen LogP contribution in [0.25, 0.3) is 0 Å². The van der Waals surface area contributed by atoms with E-state index in [1.807, 2.05) is 6.92 Å². The zero-order chi connectivity index (χ0) is 15.4. The van der Waals surface area contributed by atoms with Crippen molar-refractivity contribution in [2.24, 2.45) is 5.92 Å². The first-order valence-electron chi connectivity index (χ1n) is 8.30. The molecular formula is C17H34O3. The van der Waals surface area contributed by atoms with Crippen molar-refractivity contribution in [1.82, 2.24) is 0 Å². The molecular weight excluding hydrogens is 252 g/mol. The van der Waals surface area contributed by atoms with Gasteiger partial charge >= 0.3 is 0 Å². The molecule has 1 heterocycles. The SMILES string of the molecule is CCC.CCC(C)OC1CC(C2(C)CO2)CCC1(C)O. The molecule has 1 saturated carbocycles. The molecule has 0 amide bonds. The molecule has 1 N–H and O–H groups in total. The molecule has 2 aliphatic rings. The highest BCUT2D eigenvalue weighted by molar-refractivity contribution is 5.01. The van der Waals surface area contributed by atoms with Crippen molar-refractivity contribution in [2.75, 3.05) is 6.61 Å². The van der Waals surface area contributed by atoms with Crippen molar-refractivity contribution in [3.8, 4) is 0 Å². The topological polar surface area (TPSA) is 42.0 Å². The van der Waals surface area contributed by atoms with E-state index in [9.17, 15) is 5.11 Å². The van der Waals surface area contributed by atoms with E-state index in [4.69, 9.17) is 9.47 Å². The van der Waals surface area contributed by atoms with Gasteiger partial charge in [0.15, 0.2) is 0 Å². The Balaban J connectivity index is 0.000000612. The minimum absolute atomic E-state index is 0.0442. The average Bonchev–Trinajstić information content (AvgIpc) is 3.11. The summed E-state index contributed by atoms with van der Waals surface area (Å²) < 4.78 is 11.5. The Morgan fingerprint density at radius 1 is 1.30 bits per heavy atom. The highest BCUT2D eigenvalue weighted by Gasteiger charge is 2.52. The molecule has 120 valence electrons.